The molecule has 0 radical (unpaired) electrons. The second-order valence-corrected chi connectivity index (χ2v) is 11.7. The van der Waals surface area contributed by atoms with Crippen LogP contribution in [0.2, 0.25) is 0 Å². The molecule has 0 amide bonds. The van der Waals surface area contributed by atoms with Gasteiger partial charge in [-0.2, -0.15) is 9.97 Å². The molecule has 3 aliphatic rings. The first-order valence-electron chi connectivity index (χ1n) is 14.5. The Labute approximate surface area is 250 Å². The summed E-state index contributed by atoms with van der Waals surface area (Å²) in [6.45, 7) is 1.57. The predicted octanol–water partition coefficient (Wildman–Crippen LogP) is 4.94. The number of hydrogen-bond donors (Lipinski definition) is 1. The SMILES string of the molecule is C#Cc1c(F)ccc2cc(O)cc(-c3ncc4c(N5CCOC[C@@H](F)C5)nc(OC[C@@]56CCCN5C[C@H](F)C6)nc4c3F)c12. The summed E-state index contributed by atoms with van der Waals surface area (Å²) in [5.41, 5.74) is -0.928. The zero-order valence-corrected chi connectivity index (χ0v) is 23.7. The van der Waals surface area contributed by atoms with Crippen molar-refractivity contribution in [2.24, 2.45) is 0 Å². The minimum Gasteiger partial charge on any atom is -0.508 e. The summed E-state index contributed by atoms with van der Waals surface area (Å²) >= 11 is 0. The molecule has 12 heteroatoms. The molecule has 1 N–H and O–H groups in total. The largest absolute Gasteiger partial charge is 0.508 e. The van der Waals surface area contributed by atoms with E-state index in [1.165, 1.54) is 30.5 Å². The van der Waals surface area contributed by atoms with Gasteiger partial charge in [0.25, 0.3) is 0 Å². The summed E-state index contributed by atoms with van der Waals surface area (Å²) in [6.07, 6.45) is 6.69. The van der Waals surface area contributed by atoms with Crippen LogP contribution < -0.4 is 9.64 Å². The van der Waals surface area contributed by atoms with E-state index in [2.05, 4.69) is 25.8 Å². The highest BCUT2D eigenvalue weighted by Crippen LogP contribution is 2.41. The Bertz CT molecular complexity index is 1820. The minimum absolute atomic E-state index is 0.0574. The minimum atomic E-state index is -1.31. The standard InChI is InChI=1S/C32H29F4N5O3/c1-2-22-25(35)5-4-18-10-21(42)11-23(26(18)22)28-27(36)29-24(13-37-28)30(40-8-9-43-16-20(34)14-40)39-31(38-29)44-17-32-6-3-7-41(32)15-19(33)12-32/h1,4-5,10-11,13,19-20,42H,3,6-9,12,14-17H2/t19-,20+,32+/m1/s1. The first-order chi connectivity index (χ1) is 21.3. The Balaban J connectivity index is 1.38. The molecule has 0 bridgehead atoms. The van der Waals surface area contributed by atoms with Crippen molar-refractivity contribution in [3.05, 3.63) is 47.7 Å². The molecule has 3 saturated heterocycles. The number of phenolic OH excluding ortho intramolecular Hbond substituents is 1. The highest BCUT2D eigenvalue weighted by Gasteiger charge is 2.49. The van der Waals surface area contributed by atoms with E-state index in [1.807, 2.05) is 0 Å². The van der Waals surface area contributed by atoms with Gasteiger partial charge >= 0.3 is 6.01 Å². The fraction of sp³-hybridized carbons (Fsp3) is 0.406. The Morgan fingerprint density at radius 3 is 2.84 bits per heavy atom. The Morgan fingerprint density at radius 1 is 1.14 bits per heavy atom. The quantitative estimate of drug-likeness (QED) is 0.253. The molecule has 44 heavy (non-hydrogen) atoms. The summed E-state index contributed by atoms with van der Waals surface area (Å²) in [6, 6.07) is 5.13. The van der Waals surface area contributed by atoms with E-state index >= 15 is 4.39 Å². The van der Waals surface area contributed by atoms with Gasteiger partial charge in [0.05, 0.1) is 36.2 Å². The van der Waals surface area contributed by atoms with Crippen LogP contribution in [0.25, 0.3) is 32.9 Å². The number of rotatable bonds is 5. The normalized spacial score (nSPS) is 24.0. The van der Waals surface area contributed by atoms with Crippen LogP contribution >= 0.6 is 0 Å². The Hall–Kier alpha value is -4.21. The number of anilines is 1. The molecule has 0 saturated carbocycles. The van der Waals surface area contributed by atoms with Crippen molar-refractivity contribution < 1.29 is 32.1 Å². The molecule has 228 valence electrons. The van der Waals surface area contributed by atoms with Gasteiger partial charge in [-0.25, -0.2) is 17.6 Å². The Kier molecular flexibility index (Phi) is 7.17. The molecular weight excluding hydrogens is 578 g/mol. The Morgan fingerprint density at radius 2 is 2.00 bits per heavy atom. The summed E-state index contributed by atoms with van der Waals surface area (Å²) in [5.74, 6) is 0.771. The first-order valence-corrected chi connectivity index (χ1v) is 14.5. The molecule has 3 fully saturated rings. The zero-order chi connectivity index (χ0) is 30.6. The number of benzene rings is 2. The van der Waals surface area contributed by atoms with Crippen LogP contribution in [-0.2, 0) is 4.74 Å². The molecule has 2 aromatic heterocycles. The zero-order valence-electron chi connectivity index (χ0n) is 23.7. The topological polar surface area (TPSA) is 83.8 Å². The number of phenols is 1. The van der Waals surface area contributed by atoms with Gasteiger partial charge in [-0.15, -0.1) is 6.42 Å². The van der Waals surface area contributed by atoms with Crippen molar-refractivity contribution in [2.45, 2.75) is 37.1 Å². The summed E-state index contributed by atoms with van der Waals surface area (Å²) < 4.78 is 71.9. The molecule has 4 aromatic rings. The summed E-state index contributed by atoms with van der Waals surface area (Å²) in [7, 11) is 0. The number of ether oxygens (including phenoxy) is 2. The van der Waals surface area contributed by atoms with Gasteiger partial charge in [-0.3, -0.25) is 9.88 Å². The number of fused-ring (bicyclic) bond motifs is 3. The number of nitrogens with zero attached hydrogens (tertiary/aromatic N) is 5. The average molecular weight is 608 g/mol. The number of terminal acetylenes is 1. The number of hydrogen-bond acceptors (Lipinski definition) is 8. The highest BCUT2D eigenvalue weighted by atomic mass is 19.1. The van der Waals surface area contributed by atoms with E-state index in [0.717, 1.165) is 19.4 Å². The molecule has 8 nitrogen and oxygen atoms in total. The number of aromatic hydroxyl groups is 1. The summed E-state index contributed by atoms with van der Waals surface area (Å²) in [5, 5.41) is 11.3. The predicted molar refractivity (Wildman–Crippen MR) is 156 cm³/mol. The van der Waals surface area contributed by atoms with E-state index < -0.39 is 29.5 Å². The second-order valence-electron chi connectivity index (χ2n) is 11.7. The van der Waals surface area contributed by atoms with E-state index in [9.17, 15) is 18.3 Å². The van der Waals surface area contributed by atoms with Gasteiger partial charge in [-0.05, 0) is 43.0 Å². The van der Waals surface area contributed by atoms with Gasteiger partial charge in [0.1, 0.15) is 47.5 Å². The lowest BCUT2D eigenvalue weighted by molar-refractivity contribution is 0.105. The maximum absolute atomic E-state index is 16.6. The van der Waals surface area contributed by atoms with Crippen LogP contribution in [0.5, 0.6) is 11.8 Å². The number of pyridine rings is 1. The van der Waals surface area contributed by atoms with E-state index in [0.29, 0.717) is 18.4 Å². The van der Waals surface area contributed by atoms with Crippen molar-refractivity contribution in [3.8, 4) is 35.4 Å². The van der Waals surface area contributed by atoms with Crippen LogP contribution in [0.15, 0.2) is 30.5 Å². The maximum Gasteiger partial charge on any atom is 0.319 e. The van der Waals surface area contributed by atoms with Crippen LogP contribution in [0.1, 0.15) is 24.8 Å². The average Bonchev–Trinajstić information content (AvgIpc) is 3.43. The maximum atomic E-state index is 16.6. The number of halogens is 4. The van der Waals surface area contributed by atoms with Crippen LogP contribution in [0.4, 0.5) is 23.4 Å². The lowest BCUT2D eigenvalue weighted by Gasteiger charge is -2.31. The van der Waals surface area contributed by atoms with E-state index in [1.54, 1.807) is 4.90 Å². The van der Waals surface area contributed by atoms with Crippen LogP contribution in [-0.4, -0.2) is 88.8 Å². The molecular formula is C32H29F4N5O3. The molecule has 0 aliphatic carbocycles. The van der Waals surface area contributed by atoms with Crippen molar-refractivity contribution in [3.63, 3.8) is 0 Å². The van der Waals surface area contributed by atoms with Crippen molar-refractivity contribution in [1.29, 1.82) is 0 Å². The molecule has 0 unspecified atom stereocenters. The van der Waals surface area contributed by atoms with Crippen LogP contribution in [0, 0.1) is 24.0 Å². The third-order valence-electron chi connectivity index (χ3n) is 8.85. The molecule has 5 heterocycles. The fourth-order valence-corrected chi connectivity index (χ4v) is 6.88. The monoisotopic (exact) mass is 607 g/mol. The molecule has 3 aliphatic heterocycles. The smallest absolute Gasteiger partial charge is 0.319 e. The molecule has 0 spiro atoms. The molecule has 3 atom stereocenters. The third-order valence-corrected chi connectivity index (χ3v) is 8.85. The van der Waals surface area contributed by atoms with Gasteiger partial charge in [0, 0.05) is 36.7 Å². The first kappa shape index (κ1) is 28.6. The molecule has 7 rings (SSSR count). The third kappa shape index (κ3) is 4.84. The van der Waals surface area contributed by atoms with E-state index in [-0.39, 0.29) is 83.6 Å². The number of alkyl halides is 2. The van der Waals surface area contributed by atoms with Crippen molar-refractivity contribution in [1.82, 2.24) is 19.9 Å². The van der Waals surface area contributed by atoms with Crippen molar-refractivity contribution in [2.75, 3.05) is 50.9 Å². The lowest BCUT2D eigenvalue weighted by atomic mass is 9.95. The van der Waals surface area contributed by atoms with Crippen molar-refractivity contribution >= 4 is 27.5 Å². The highest BCUT2D eigenvalue weighted by molar-refractivity contribution is 6.03. The number of aromatic nitrogens is 3. The van der Waals surface area contributed by atoms with Crippen LogP contribution in [0.3, 0.4) is 0 Å². The summed E-state index contributed by atoms with van der Waals surface area (Å²) in [4.78, 5) is 17.1. The fourth-order valence-electron chi connectivity index (χ4n) is 6.88. The van der Waals surface area contributed by atoms with E-state index in [4.69, 9.17) is 15.9 Å². The molecule has 2 aromatic carbocycles. The van der Waals surface area contributed by atoms with Gasteiger partial charge in [0.15, 0.2) is 5.82 Å². The second kappa shape index (κ2) is 11.1. The van der Waals surface area contributed by atoms with Gasteiger partial charge in [0.2, 0.25) is 0 Å². The van der Waals surface area contributed by atoms with Gasteiger partial charge in [-0.1, -0.05) is 12.0 Å². The lowest BCUT2D eigenvalue weighted by Crippen LogP contribution is -2.43. The van der Waals surface area contributed by atoms with Gasteiger partial charge < -0.3 is 19.5 Å².